The first kappa shape index (κ1) is 14.4. The topological polar surface area (TPSA) is 80.0 Å². The van der Waals surface area contributed by atoms with E-state index in [-0.39, 0.29) is 10.9 Å². The first-order valence-electron chi connectivity index (χ1n) is 5.77. The molecule has 1 atom stereocenters. The highest BCUT2D eigenvalue weighted by Gasteiger charge is 2.16. The summed E-state index contributed by atoms with van der Waals surface area (Å²) in [6, 6.07) is 1.43. The van der Waals surface area contributed by atoms with Gasteiger partial charge in [-0.3, -0.25) is 4.79 Å². The highest BCUT2D eigenvalue weighted by Crippen LogP contribution is 2.17. The summed E-state index contributed by atoms with van der Waals surface area (Å²) in [6.07, 6.45) is 1.66. The standard InChI is InChI=1S/C12H18N4OS/c1-4-14-12(17)8(3)16-11-9(10(13)18)7(2)5-6-15-11/h5-6,8H,4H2,1-3H3,(H2,13,18)(H,14,17)(H,15,16). The van der Waals surface area contributed by atoms with Gasteiger partial charge in [0.25, 0.3) is 0 Å². The number of thiocarbonyl (C=S) groups is 1. The summed E-state index contributed by atoms with van der Waals surface area (Å²) in [4.78, 5) is 16.1. The molecule has 0 bridgehead atoms. The van der Waals surface area contributed by atoms with Crippen molar-refractivity contribution in [3.63, 3.8) is 0 Å². The Labute approximate surface area is 112 Å². The molecule has 1 rings (SSSR count). The van der Waals surface area contributed by atoms with Crippen LogP contribution in [-0.2, 0) is 4.79 Å². The van der Waals surface area contributed by atoms with Gasteiger partial charge in [-0.15, -0.1) is 0 Å². The number of nitrogens with two attached hydrogens (primary N) is 1. The highest BCUT2D eigenvalue weighted by atomic mass is 32.1. The van der Waals surface area contributed by atoms with Crippen LogP contribution in [0.4, 0.5) is 5.82 Å². The van der Waals surface area contributed by atoms with E-state index in [9.17, 15) is 4.79 Å². The van der Waals surface area contributed by atoms with Crippen LogP contribution < -0.4 is 16.4 Å². The summed E-state index contributed by atoms with van der Waals surface area (Å²) < 4.78 is 0. The lowest BCUT2D eigenvalue weighted by atomic mass is 10.1. The van der Waals surface area contributed by atoms with Crippen molar-refractivity contribution in [2.75, 3.05) is 11.9 Å². The van der Waals surface area contributed by atoms with Gasteiger partial charge in [0.2, 0.25) is 5.91 Å². The van der Waals surface area contributed by atoms with Crippen LogP contribution in [0, 0.1) is 6.92 Å². The van der Waals surface area contributed by atoms with Gasteiger partial charge in [0.15, 0.2) is 0 Å². The number of hydrogen-bond donors (Lipinski definition) is 3. The smallest absolute Gasteiger partial charge is 0.242 e. The van der Waals surface area contributed by atoms with Gasteiger partial charge in [-0.25, -0.2) is 4.98 Å². The number of rotatable bonds is 5. The minimum Gasteiger partial charge on any atom is -0.389 e. The lowest BCUT2D eigenvalue weighted by Gasteiger charge is -2.17. The predicted octanol–water partition coefficient (Wildman–Crippen LogP) is 0.961. The SMILES string of the molecule is CCNC(=O)C(C)Nc1nccc(C)c1C(N)=S. The maximum atomic E-state index is 11.6. The number of anilines is 1. The zero-order valence-electron chi connectivity index (χ0n) is 10.8. The average molecular weight is 266 g/mol. The van der Waals surface area contributed by atoms with Crippen molar-refractivity contribution in [3.8, 4) is 0 Å². The number of carbonyl (C=O) groups is 1. The number of nitrogens with zero attached hydrogens (tertiary/aromatic N) is 1. The molecule has 0 aliphatic heterocycles. The van der Waals surface area contributed by atoms with Crippen molar-refractivity contribution in [1.82, 2.24) is 10.3 Å². The monoisotopic (exact) mass is 266 g/mol. The Morgan fingerprint density at radius 1 is 1.61 bits per heavy atom. The maximum absolute atomic E-state index is 11.6. The normalized spacial score (nSPS) is 11.7. The molecule has 1 unspecified atom stereocenters. The zero-order chi connectivity index (χ0) is 13.7. The fourth-order valence-corrected chi connectivity index (χ4v) is 1.83. The van der Waals surface area contributed by atoms with E-state index in [2.05, 4.69) is 15.6 Å². The number of likely N-dealkylation sites (N-methyl/N-ethyl adjacent to an activating group) is 1. The molecule has 4 N–H and O–H groups in total. The van der Waals surface area contributed by atoms with Gasteiger partial charge in [0.1, 0.15) is 16.8 Å². The van der Waals surface area contributed by atoms with Crippen LogP contribution in [0.25, 0.3) is 0 Å². The fraction of sp³-hybridized carbons (Fsp3) is 0.417. The molecule has 1 aromatic heterocycles. The van der Waals surface area contributed by atoms with Gasteiger partial charge < -0.3 is 16.4 Å². The molecular formula is C12H18N4OS. The summed E-state index contributed by atoms with van der Waals surface area (Å²) in [6.45, 7) is 6.13. The maximum Gasteiger partial charge on any atom is 0.242 e. The van der Waals surface area contributed by atoms with E-state index in [1.165, 1.54) is 0 Å². The second kappa shape index (κ2) is 6.30. The van der Waals surface area contributed by atoms with E-state index >= 15 is 0 Å². The summed E-state index contributed by atoms with van der Waals surface area (Å²) in [5, 5.41) is 5.76. The third-order valence-corrected chi connectivity index (χ3v) is 2.71. The van der Waals surface area contributed by atoms with E-state index in [0.717, 1.165) is 5.56 Å². The largest absolute Gasteiger partial charge is 0.389 e. The Hall–Kier alpha value is -1.69. The quantitative estimate of drug-likeness (QED) is 0.692. The van der Waals surface area contributed by atoms with Crippen molar-refractivity contribution < 1.29 is 4.79 Å². The number of aromatic nitrogens is 1. The van der Waals surface area contributed by atoms with E-state index < -0.39 is 6.04 Å². The third kappa shape index (κ3) is 3.40. The molecular weight excluding hydrogens is 248 g/mol. The average Bonchev–Trinajstić information content (AvgIpc) is 2.28. The van der Waals surface area contributed by atoms with Crippen LogP contribution >= 0.6 is 12.2 Å². The van der Waals surface area contributed by atoms with Gasteiger partial charge in [0.05, 0.1) is 5.56 Å². The molecule has 18 heavy (non-hydrogen) atoms. The summed E-state index contributed by atoms with van der Waals surface area (Å²) in [7, 11) is 0. The second-order valence-corrected chi connectivity index (χ2v) is 4.42. The Balaban J connectivity index is 2.94. The number of carbonyl (C=O) groups excluding carboxylic acids is 1. The minimum absolute atomic E-state index is 0.0882. The molecule has 0 spiro atoms. The molecule has 0 saturated carbocycles. The van der Waals surface area contributed by atoms with Crippen LogP contribution in [0.15, 0.2) is 12.3 Å². The van der Waals surface area contributed by atoms with E-state index in [1.54, 1.807) is 13.1 Å². The molecule has 0 radical (unpaired) electrons. The Kier molecular flexibility index (Phi) is 5.03. The fourth-order valence-electron chi connectivity index (χ4n) is 1.58. The van der Waals surface area contributed by atoms with Crippen molar-refractivity contribution in [1.29, 1.82) is 0 Å². The molecule has 0 aromatic carbocycles. The van der Waals surface area contributed by atoms with Crippen molar-refractivity contribution in [3.05, 3.63) is 23.4 Å². The lowest BCUT2D eigenvalue weighted by Crippen LogP contribution is -2.38. The summed E-state index contributed by atoms with van der Waals surface area (Å²) in [5.74, 6) is 0.455. The minimum atomic E-state index is -0.396. The van der Waals surface area contributed by atoms with Crippen LogP contribution in [0.5, 0.6) is 0 Å². The molecule has 1 heterocycles. The molecule has 1 aromatic rings. The molecule has 5 nitrogen and oxygen atoms in total. The van der Waals surface area contributed by atoms with Crippen LogP contribution in [0.2, 0.25) is 0 Å². The van der Waals surface area contributed by atoms with Gasteiger partial charge in [-0.05, 0) is 32.4 Å². The first-order chi connectivity index (χ1) is 8.47. The molecule has 1 amide bonds. The van der Waals surface area contributed by atoms with E-state index in [1.807, 2.05) is 19.9 Å². The Bertz CT molecular complexity index is 461. The molecule has 0 saturated heterocycles. The van der Waals surface area contributed by atoms with Gasteiger partial charge in [-0.1, -0.05) is 12.2 Å². The first-order valence-corrected chi connectivity index (χ1v) is 6.17. The summed E-state index contributed by atoms with van der Waals surface area (Å²) in [5.41, 5.74) is 7.29. The number of pyridine rings is 1. The van der Waals surface area contributed by atoms with Gasteiger partial charge >= 0.3 is 0 Å². The molecule has 0 aliphatic rings. The number of nitrogens with one attached hydrogen (secondary N) is 2. The van der Waals surface area contributed by atoms with E-state index in [4.69, 9.17) is 18.0 Å². The van der Waals surface area contributed by atoms with E-state index in [0.29, 0.717) is 17.9 Å². The molecule has 98 valence electrons. The summed E-state index contributed by atoms with van der Waals surface area (Å²) >= 11 is 5.00. The number of amides is 1. The third-order valence-electron chi connectivity index (χ3n) is 2.50. The zero-order valence-corrected chi connectivity index (χ0v) is 11.6. The number of aryl methyl sites for hydroxylation is 1. The lowest BCUT2D eigenvalue weighted by molar-refractivity contribution is -0.121. The Morgan fingerprint density at radius 3 is 2.83 bits per heavy atom. The highest BCUT2D eigenvalue weighted by molar-refractivity contribution is 7.80. The van der Waals surface area contributed by atoms with Gasteiger partial charge in [-0.2, -0.15) is 0 Å². The van der Waals surface area contributed by atoms with Gasteiger partial charge in [0, 0.05) is 12.7 Å². The van der Waals surface area contributed by atoms with Crippen LogP contribution in [0.3, 0.4) is 0 Å². The van der Waals surface area contributed by atoms with Crippen LogP contribution in [-0.4, -0.2) is 28.5 Å². The molecule has 0 aliphatic carbocycles. The second-order valence-electron chi connectivity index (χ2n) is 3.98. The van der Waals surface area contributed by atoms with Crippen LogP contribution in [0.1, 0.15) is 25.0 Å². The Morgan fingerprint density at radius 2 is 2.28 bits per heavy atom. The van der Waals surface area contributed by atoms with Crippen molar-refractivity contribution >= 4 is 28.9 Å². The van der Waals surface area contributed by atoms with Crippen molar-refractivity contribution in [2.24, 2.45) is 5.73 Å². The number of hydrogen-bond acceptors (Lipinski definition) is 4. The van der Waals surface area contributed by atoms with Crippen molar-refractivity contribution in [2.45, 2.75) is 26.8 Å². The molecule has 6 heteroatoms. The predicted molar refractivity (Wildman–Crippen MR) is 76.6 cm³/mol. The molecule has 0 fully saturated rings.